The Morgan fingerprint density at radius 3 is 1.69 bits per heavy atom. The lowest BCUT2D eigenvalue weighted by atomic mass is 9.77. The van der Waals surface area contributed by atoms with E-state index in [9.17, 15) is 4.79 Å². The molecule has 0 aliphatic heterocycles. The fraction of sp³-hybridized carbons (Fsp3) is 0.222. The molecule has 0 spiro atoms. The van der Waals surface area contributed by atoms with Crippen LogP contribution < -0.4 is 0 Å². The van der Waals surface area contributed by atoms with Crippen LogP contribution in [-0.2, 0) is 16.7 Å². The highest BCUT2D eigenvalue weighted by molar-refractivity contribution is 5.85. The molecule has 32 heavy (non-hydrogen) atoms. The number of esters is 1. The van der Waals surface area contributed by atoms with E-state index in [1.807, 2.05) is 59.3 Å². The van der Waals surface area contributed by atoms with E-state index in [2.05, 4.69) is 48.3 Å². The van der Waals surface area contributed by atoms with E-state index in [-0.39, 0.29) is 12.4 Å². The molecule has 0 N–H and O–H groups in total. The molecule has 5 heteroatoms. The third-order valence-corrected chi connectivity index (χ3v) is 5.50. The van der Waals surface area contributed by atoms with E-state index in [1.54, 1.807) is 6.92 Å². The second kappa shape index (κ2) is 9.60. The Balaban J connectivity index is 2.10. The molecule has 1 heterocycles. The van der Waals surface area contributed by atoms with Gasteiger partial charge in [-0.3, -0.25) is 0 Å². The van der Waals surface area contributed by atoms with E-state index < -0.39 is 11.5 Å². The Kier molecular flexibility index (Phi) is 6.45. The fourth-order valence-electron chi connectivity index (χ4n) is 4.19. The molecule has 4 aromatic rings. The van der Waals surface area contributed by atoms with Crippen LogP contribution in [0.15, 0.2) is 91.0 Å². The lowest BCUT2D eigenvalue weighted by Gasteiger charge is -2.37. The van der Waals surface area contributed by atoms with Crippen LogP contribution in [0.4, 0.5) is 0 Å². The second-order valence-corrected chi connectivity index (χ2v) is 7.54. The normalized spacial score (nSPS) is 11.3. The van der Waals surface area contributed by atoms with Gasteiger partial charge in [-0.25, -0.2) is 14.5 Å². The van der Waals surface area contributed by atoms with Crippen molar-refractivity contribution >= 4 is 5.97 Å². The highest BCUT2D eigenvalue weighted by Crippen LogP contribution is 2.41. The molecule has 0 aliphatic rings. The molecule has 1 aromatic heterocycles. The molecule has 0 aliphatic carbocycles. The van der Waals surface area contributed by atoms with Crippen LogP contribution in [0, 0.1) is 0 Å². The third kappa shape index (κ3) is 3.82. The number of carbonyl (C=O) groups excluding carboxylic acids is 1. The molecule has 0 bridgehead atoms. The smallest absolute Gasteiger partial charge is 0.378 e. The molecule has 0 saturated heterocycles. The highest BCUT2D eigenvalue weighted by Gasteiger charge is 2.41. The molecule has 4 rings (SSSR count). The molecule has 0 saturated carbocycles. The summed E-state index contributed by atoms with van der Waals surface area (Å²) in [7, 11) is 0. The first-order valence-corrected chi connectivity index (χ1v) is 11.0. The van der Waals surface area contributed by atoms with Gasteiger partial charge in [-0.15, -0.1) is 5.10 Å². The molecule has 3 aromatic carbocycles. The fourth-order valence-corrected chi connectivity index (χ4v) is 4.19. The van der Waals surface area contributed by atoms with Crippen LogP contribution in [0.2, 0.25) is 0 Å². The third-order valence-electron chi connectivity index (χ3n) is 5.50. The molecule has 0 amide bonds. The molecule has 0 atom stereocenters. The van der Waals surface area contributed by atoms with Crippen molar-refractivity contribution in [2.45, 2.75) is 32.2 Å². The monoisotopic (exact) mass is 425 g/mol. The van der Waals surface area contributed by atoms with Crippen LogP contribution in [-0.4, -0.2) is 27.3 Å². The van der Waals surface area contributed by atoms with Gasteiger partial charge in [0, 0.05) is 6.42 Å². The summed E-state index contributed by atoms with van der Waals surface area (Å²) in [5.41, 5.74) is 2.31. The lowest BCUT2D eigenvalue weighted by molar-refractivity contribution is 0.0511. The van der Waals surface area contributed by atoms with Gasteiger partial charge in [-0.05, 0) is 30.0 Å². The van der Waals surface area contributed by atoms with Gasteiger partial charge in [-0.2, -0.15) is 0 Å². The maximum absolute atomic E-state index is 12.6. The summed E-state index contributed by atoms with van der Waals surface area (Å²) in [6.07, 6.45) is 1.55. The number of nitrogens with zero attached hydrogens (tertiary/aromatic N) is 3. The minimum atomic E-state index is -0.800. The van der Waals surface area contributed by atoms with Gasteiger partial charge in [-0.1, -0.05) is 97.9 Å². The number of benzene rings is 3. The molecule has 0 fully saturated rings. The number of hydrogen-bond donors (Lipinski definition) is 0. The Labute approximate surface area is 188 Å². The summed E-state index contributed by atoms with van der Waals surface area (Å²) >= 11 is 0. The number of rotatable bonds is 8. The number of ether oxygens (including phenoxy) is 1. The number of aromatic nitrogens is 3. The zero-order chi connectivity index (χ0) is 22.4. The van der Waals surface area contributed by atoms with Crippen molar-refractivity contribution in [3.05, 3.63) is 119 Å². The van der Waals surface area contributed by atoms with Gasteiger partial charge in [0.25, 0.3) is 5.82 Å². The van der Waals surface area contributed by atoms with E-state index in [0.29, 0.717) is 6.42 Å². The largest absolute Gasteiger partial charge is 0.460 e. The van der Waals surface area contributed by atoms with Crippen molar-refractivity contribution in [2.75, 3.05) is 6.61 Å². The van der Waals surface area contributed by atoms with Crippen molar-refractivity contribution in [3.8, 4) is 0 Å². The predicted octanol–water partition coefficient (Wildman–Crippen LogP) is 5.25. The summed E-state index contributed by atoms with van der Waals surface area (Å²) in [6.45, 7) is 4.15. The van der Waals surface area contributed by atoms with E-state index in [0.717, 1.165) is 28.9 Å². The van der Waals surface area contributed by atoms with Crippen LogP contribution in [0.3, 0.4) is 0 Å². The number of aryl methyl sites for hydroxylation is 1. The Hall–Kier alpha value is -3.73. The standard InChI is InChI=1S/C27H27N3O2/c1-3-14-24-28-25(26(31)32-4-2)29-30(24)27(21-15-8-5-9-16-21,22-17-10-6-11-18-22)23-19-12-7-13-20-23/h5-13,15-20H,3-4,14H2,1-2H3. The van der Waals surface area contributed by atoms with Crippen molar-refractivity contribution < 1.29 is 9.53 Å². The first kappa shape index (κ1) is 21.5. The minimum absolute atomic E-state index is 0.0856. The molecule has 0 radical (unpaired) electrons. The molecular weight excluding hydrogens is 398 g/mol. The van der Waals surface area contributed by atoms with Gasteiger partial charge in [0.15, 0.2) is 0 Å². The molecular formula is C27H27N3O2. The molecule has 162 valence electrons. The van der Waals surface area contributed by atoms with Crippen LogP contribution in [0.25, 0.3) is 0 Å². The van der Waals surface area contributed by atoms with Crippen molar-refractivity contribution in [1.82, 2.24) is 14.8 Å². The zero-order valence-electron chi connectivity index (χ0n) is 18.4. The molecule has 0 unspecified atom stereocenters. The number of carbonyl (C=O) groups is 1. The zero-order valence-corrected chi connectivity index (χ0v) is 18.4. The van der Waals surface area contributed by atoms with Gasteiger partial charge in [0.1, 0.15) is 11.4 Å². The van der Waals surface area contributed by atoms with Gasteiger partial charge in [0.2, 0.25) is 0 Å². The van der Waals surface area contributed by atoms with Gasteiger partial charge < -0.3 is 4.74 Å². The maximum atomic E-state index is 12.6. The Morgan fingerprint density at radius 1 is 0.812 bits per heavy atom. The molecule has 5 nitrogen and oxygen atoms in total. The van der Waals surface area contributed by atoms with Crippen molar-refractivity contribution in [3.63, 3.8) is 0 Å². The Bertz CT molecular complexity index is 1060. The van der Waals surface area contributed by atoms with Crippen molar-refractivity contribution in [1.29, 1.82) is 0 Å². The van der Waals surface area contributed by atoms with Gasteiger partial charge in [0.05, 0.1) is 6.61 Å². The average Bonchev–Trinajstić information content (AvgIpc) is 3.26. The lowest BCUT2D eigenvalue weighted by Crippen LogP contribution is -2.40. The van der Waals surface area contributed by atoms with Crippen LogP contribution >= 0.6 is 0 Å². The number of hydrogen-bond acceptors (Lipinski definition) is 4. The summed E-state index contributed by atoms with van der Waals surface area (Å²) in [6, 6.07) is 30.8. The Morgan fingerprint density at radius 2 is 1.28 bits per heavy atom. The van der Waals surface area contributed by atoms with Gasteiger partial charge >= 0.3 is 5.97 Å². The summed E-state index contributed by atoms with van der Waals surface area (Å²) in [4.78, 5) is 17.2. The van der Waals surface area contributed by atoms with E-state index in [1.165, 1.54) is 0 Å². The first-order chi connectivity index (χ1) is 15.7. The quantitative estimate of drug-likeness (QED) is 0.286. The van der Waals surface area contributed by atoms with Crippen molar-refractivity contribution in [2.24, 2.45) is 0 Å². The maximum Gasteiger partial charge on any atom is 0.378 e. The highest BCUT2D eigenvalue weighted by atomic mass is 16.5. The van der Waals surface area contributed by atoms with E-state index >= 15 is 0 Å². The summed E-state index contributed by atoms with van der Waals surface area (Å²) < 4.78 is 7.15. The average molecular weight is 426 g/mol. The van der Waals surface area contributed by atoms with E-state index in [4.69, 9.17) is 9.84 Å². The summed E-state index contributed by atoms with van der Waals surface area (Å²) in [5.74, 6) is 0.321. The minimum Gasteiger partial charge on any atom is -0.460 e. The second-order valence-electron chi connectivity index (χ2n) is 7.54. The predicted molar refractivity (Wildman–Crippen MR) is 125 cm³/mol. The summed E-state index contributed by atoms with van der Waals surface area (Å²) in [5, 5.41) is 4.78. The van der Waals surface area contributed by atoms with Crippen LogP contribution in [0.5, 0.6) is 0 Å². The van der Waals surface area contributed by atoms with Crippen LogP contribution in [0.1, 0.15) is 53.4 Å². The first-order valence-electron chi connectivity index (χ1n) is 11.0. The SMILES string of the molecule is CCCc1nc(C(=O)OCC)nn1C(c1ccccc1)(c1ccccc1)c1ccccc1. The topological polar surface area (TPSA) is 57.0 Å².